The molecule has 466 valence electrons. The van der Waals surface area contributed by atoms with Crippen LogP contribution in [0.5, 0.6) is 0 Å². The van der Waals surface area contributed by atoms with E-state index in [1.807, 2.05) is 0 Å². The molecule has 0 saturated carbocycles. The van der Waals surface area contributed by atoms with E-state index in [0.29, 0.717) is 0 Å². The predicted molar refractivity (Wildman–Crippen MR) is 402 cm³/mol. The number of hydrogen-bond acceptors (Lipinski definition) is 4. The fourth-order valence-electron chi connectivity index (χ4n) is 17.7. The molecule has 0 unspecified atom stereocenters. The highest BCUT2D eigenvalue weighted by molar-refractivity contribution is 6.03. The smallest absolute Gasteiger partial charge is 0.0545 e. The van der Waals surface area contributed by atoms with Crippen molar-refractivity contribution in [3.05, 3.63) is 328 Å². The van der Waals surface area contributed by atoms with Gasteiger partial charge >= 0.3 is 0 Å². The van der Waals surface area contributed by atoms with Gasteiger partial charge in [0.1, 0.15) is 0 Å². The minimum absolute atomic E-state index is 0.182. The lowest BCUT2D eigenvalue weighted by atomic mass is 9.60. The van der Waals surface area contributed by atoms with E-state index in [1.165, 1.54) is 112 Å². The van der Waals surface area contributed by atoms with Crippen molar-refractivity contribution in [3.63, 3.8) is 0 Å². The summed E-state index contributed by atoms with van der Waals surface area (Å²) in [6, 6.07) is 88.4. The zero-order chi connectivity index (χ0) is 65.5. The molecule has 3 aliphatic heterocycles. The molecule has 4 nitrogen and oxygen atoms in total. The van der Waals surface area contributed by atoms with Crippen LogP contribution in [0.25, 0.3) is 27.8 Å². The van der Waals surface area contributed by atoms with Crippen LogP contribution in [0.15, 0.2) is 261 Å². The van der Waals surface area contributed by atoms with E-state index in [-0.39, 0.29) is 16.2 Å². The van der Waals surface area contributed by atoms with E-state index in [1.54, 1.807) is 0 Å². The second-order valence-electron chi connectivity index (χ2n) is 30.6. The van der Waals surface area contributed by atoms with Crippen molar-refractivity contribution < 1.29 is 0 Å². The van der Waals surface area contributed by atoms with Gasteiger partial charge in [0.05, 0.1) is 17.1 Å². The Balaban J connectivity index is 0.935. The van der Waals surface area contributed by atoms with E-state index in [9.17, 15) is 0 Å². The van der Waals surface area contributed by atoms with E-state index < -0.39 is 16.2 Å². The first-order chi connectivity index (χ1) is 45.6. The molecule has 3 heterocycles. The zero-order valence-corrected chi connectivity index (χ0v) is 57.1. The largest absolute Gasteiger partial charge is 0.310 e. The SMILES string of the molecule is C/C=C\C=C/C1=CC(C)(C)c2cc(N(c3ccccc3)c3cc4c5c(c3)C(C)(C)c3cc(N(c6ccccc6)c6ccc7c(c6)C(C)(C)c6ccccc6-7)cc6c3N5c3c(cc(N(c5ccccc5)c5ccc7c(c5)C(C)(C)c5ccccc5-7)cc3C6(C)C)C4(C)C)ccc21. The predicted octanol–water partition coefficient (Wildman–Crippen LogP) is 24.9. The summed E-state index contributed by atoms with van der Waals surface area (Å²) >= 11 is 0. The van der Waals surface area contributed by atoms with Gasteiger partial charge in [-0.2, -0.15) is 0 Å². The van der Waals surface area contributed by atoms with E-state index in [4.69, 9.17) is 0 Å². The van der Waals surface area contributed by atoms with Crippen LogP contribution in [0.4, 0.5) is 68.2 Å². The summed E-state index contributed by atoms with van der Waals surface area (Å²) in [5, 5.41) is 0. The summed E-state index contributed by atoms with van der Waals surface area (Å²) in [5.74, 6) is 0. The van der Waals surface area contributed by atoms with Gasteiger partial charge in [0, 0.05) is 83.7 Å². The van der Waals surface area contributed by atoms with Gasteiger partial charge < -0.3 is 19.6 Å². The number of fused-ring (bicyclic) bond motifs is 7. The monoisotopic (exact) mass is 1230 g/mol. The van der Waals surface area contributed by atoms with E-state index in [2.05, 4.69) is 371 Å². The van der Waals surface area contributed by atoms with Crippen molar-refractivity contribution in [1.29, 1.82) is 0 Å². The first kappa shape index (κ1) is 58.6. The summed E-state index contributed by atoms with van der Waals surface area (Å²) in [6.45, 7) is 31.4. The molecule has 3 aliphatic carbocycles. The number of rotatable bonds is 11. The Kier molecular flexibility index (Phi) is 12.6. The van der Waals surface area contributed by atoms with E-state index >= 15 is 0 Å². The van der Waals surface area contributed by atoms with Crippen LogP contribution in [0.1, 0.15) is 157 Å². The fourth-order valence-corrected chi connectivity index (χ4v) is 17.7. The minimum Gasteiger partial charge on any atom is -0.310 e. The molecule has 0 spiro atoms. The highest BCUT2D eigenvalue weighted by atomic mass is 15.2. The Hall–Kier alpha value is -10.2. The van der Waals surface area contributed by atoms with Crippen molar-refractivity contribution in [2.24, 2.45) is 0 Å². The van der Waals surface area contributed by atoms with Gasteiger partial charge in [-0.1, -0.05) is 235 Å². The van der Waals surface area contributed by atoms with Crippen LogP contribution < -0.4 is 19.6 Å². The molecular formula is C91H82N4. The summed E-state index contributed by atoms with van der Waals surface area (Å²) in [5.41, 5.74) is 34.6. The third-order valence-electron chi connectivity index (χ3n) is 22.8. The average molecular weight is 1230 g/mol. The second-order valence-corrected chi connectivity index (χ2v) is 30.6. The molecule has 0 amide bonds. The van der Waals surface area contributed by atoms with Gasteiger partial charge in [0.2, 0.25) is 0 Å². The third-order valence-corrected chi connectivity index (χ3v) is 22.8. The fraction of sp³-hybridized carbons (Fsp3) is 0.209. The molecule has 0 bridgehead atoms. The molecule has 4 heteroatoms. The number of anilines is 12. The van der Waals surface area contributed by atoms with Crippen LogP contribution in [0, 0.1) is 0 Å². The Morgan fingerprint density at radius 1 is 0.263 bits per heavy atom. The summed E-state index contributed by atoms with van der Waals surface area (Å²) in [4.78, 5) is 10.4. The third kappa shape index (κ3) is 8.38. The number of benzene rings is 11. The number of allylic oxidation sites excluding steroid dienone is 6. The quantitative estimate of drug-likeness (QED) is 0.120. The lowest BCUT2D eigenvalue weighted by Gasteiger charge is -2.55. The molecule has 0 aromatic heterocycles. The van der Waals surface area contributed by atoms with Crippen LogP contribution in [0.3, 0.4) is 0 Å². The molecule has 95 heavy (non-hydrogen) atoms. The minimum atomic E-state index is -0.493. The van der Waals surface area contributed by atoms with Gasteiger partial charge in [-0.25, -0.2) is 0 Å². The van der Waals surface area contributed by atoms with Crippen molar-refractivity contribution >= 4 is 73.8 Å². The molecule has 0 saturated heterocycles. The molecule has 11 aromatic carbocycles. The Bertz CT molecular complexity index is 4900. The molecule has 6 aliphatic rings. The molecule has 0 atom stereocenters. The second kappa shape index (κ2) is 20.4. The van der Waals surface area contributed by atoms with Crippen molar-refractivity contribution in [1.82, 2.24) is 0 Å². The highest BCUT2D eigenvalue weighted by Gasteiger charge is 2.53. The zero-order valence-electron chi connectivity index (χ0n) is 57.1. The standard InChI is InChI=1S/C91H82N4/c1-14-15-19-30-57-56-86(2,3)74-47-61(41-44-67(57)74)92(58-31-20-16-21-32-58)64-50-77-83-78(51-64)90(10,11)80-53-66(94(60-35-24-18-25-36-60)63-43-46-71-69-38-27-29-40-73(69)88(6,7)76(71)49-63)55-82-85(80)95(83)84-79(89(77,8)9)52-65(54-81(84)91(82,12)13)93(59-33-22-17-23-34-59)62-42-45-70-68-37-26-28-39-72(68)87(4,5)75(70)48-62/h14-56H,1-13H3/b15-14-,30-19-. The Labute approximate surface area is 562 Å². The summed E-state index contributed by atoms with van der Waals surface area (Å²) < 4.78 is 0. The van der Waals surface area contributed by atoms with Gasteiger partial charge in [-0.15, -0.1) is 0 Å². The van der Waals surface area contributed by atoms with Crippen LogP contribution in [-0.2, 0) is 32.5 Å². The van der Waals surface area contributed by atoms with Gasteiger partial charge in [0.25, 0.3) is 0 Å². The topological polar surface area (TPSA) is 13.0 Å². The molecule has 0 fully saturated rings. The molecule has 0 N–H and O–H groups in total. The average Bonchev–Trinajstić information content (AvgIpc) is 1.56. The molecular weight excluding hydrogens is 1150 g/mol. The van der Waals surface area contributed by atoms with Crippen LogP contribution in [-0.4, -0.2) is 0 Å². The maximum Gasteiger partial charge on any atom is 0.0545 e. The Morgan fingerprint density at radius 2 is 0.558 bits per heavy atom. The normalized spacial score (nSPS) is 17.1. The lowest BCUT2D eigenvalue weighted by Crippen LogP contribution is -2.44. The first-order valence-electron chi connectivity index (χ1n) is 34.2. The molecule has 17 rings (SSSR count). The number of nitrogens with zero attached hydrogens (tertiary/aromatic N) is 4. The van der Waals surface area contributed by atoms with Crippen LogP contribution >= 0.6 is 0 Å². The first-order valence-corrected chi connectivity index (χ1v) is 34.2. The highest BCUT2D eigenvalue weighted by Crippen LogP contribution is 2.69. The van der Waals surface area contributed by atoms with Crippen LogP contribution in [0.2, 0.25) is 0 Å². The van der Waals surface area contributed by atoms with Gasteiger partial charge in [0.15, 0.2) is 0 Å². The van der Waals surface area contributed by atoms with Crippen molar-refractivity contribution in [2.45, 2.75) is 122 Å². The van der Waals surface area contributed by atoms with Gasteiger partial charge in [-0.05, 0) is 211 Å². The summed E-state index contributed by atoms with van der Waals surface area (Å²) in [6.07, 6.45) is 11.1. The van der Waals surface area contributed by atoms with Gasteiger partial charge in [-0.3, -0.25) is 0 Å². The number of para-hydroxylation sites is 3. The number of hydrogen-bond donors (Lipinski definition) is 0. The maximum atomic E-state index is 2.75. The molecule has 0 radical (unpaired) electrons. The van der Waals surface area contributed by atoms with Crippen molar-refractivity contribution in [3.8, 4) is 22.3 Å². The lowest BCUT2D eigenvalue weighted by molar-refractivity contribution is 0.567. The maximum absolute atomic E-state index is 2.75. The van der Waals surface area contributed by atoms with E-state index in [0.717, 1.165) is 51.2 Å². The summed E-state index contributed by atoms with van der Waals surface area (Å²) in [7, 11) is 0. The van der Waals surface area contributed by atoms with Crippen molar-refractivity contribution in [2.75, 3.05) is 19.6 Å². The molecule has 11 aromatic rings. The Morgan fingerprint density at radius 3 is 0.916 bits per heavy atom.